The van der Waals surface area contributed by atoms with Crippen LogP contribution in [0.25, 0.3) is 0 Å². The van der Waals surface area contributed by atoms with Crippen LogP contribution < -0.4 is 15.4 Å². The molecule has 1 aromatic carbocycles. The zero-order valence-corrected chi connectivity index (χ0v) is 11.5. The van der Waals surface area contributed by atoms with Crippen molar-refractivity contribution in [3.8, 4) is 6.07 Å². The third kappa shape index (κ3) is 3.70. The molecular weight excluding hydrogens is 287 g/mol. The number of anilines is 1. The average molecular weight is 300 g/mol. The van der Waals surface area contributed by atoms with Crippen LogP contribution >= 0.6 is 0 Å². The Bertz CT molecular complexity index is 710. The number of amides is 1. The SMILES string of the molecule is N#Cc1c(F)cccc1NCCNC(=O)c1cc[n+]([O-])cc1. The van der Waals surface area contributed by atoms with Gasteiger partial charge in [-0.3, -0.25) is 4.79 Å². The second kappa shape index (κ2) is 7.04. The fourth-order valence-corrected chi connectivity index (χ4v) is 1.82. The molecule has 1 heterocycles. The van der Waals surface area contributed by atoms with Crippen molar-refractivity contribution in [2.75, 3.05) is 18.4 Å². The molecule has 2 rings (SSSR count). The van der Waals surface area contributed by atoms with Gasteiger partial charge in [-0.2, -0.15) is 9.99 Å². The van der Waals surface area contributed by atoms with E-state index in [1.54, 1.807) is 12.1 Å². The van der Waals surface area contributed by atoms with Gasteiger partial charge in [-0.15, -0.1) is 0 Å². The predicted molar refractivity (Wildman–Crippen MR) is 77.3 cm³/mol. The van der Waals surface area contributed by atoms with E-state index in [1.165, 1.54) is 36.7 Å². The first kappa shape index (κ1) is 15.3. The third-order valence-corrected chi connectivity index (χ3v) is 2.92. The summed E-state index contributed by atoms with van der Waals surface area (Å²) in [6, 6.07) is 8.92. The molecule has 6 nitrogen and oxygen atoms in total. The molecule has 0 atom stereocenters. The van der Waals surface area contributed by atoms with Crippen molar-refractivity contribution in [1.29, 1.82) is 5.26 Å². The van der Waals surface area contributed by atoms with Gasteiger partial charge in [0.25, 0.3) is 5.91 Å². The van der Waals surface area contributed by atoms with E-state index in [9.17, 15) is 14.4 Å². The van der Waals surface area contributed by atoms with Crippen LogP contribution in [0.2, 0.25) is 0 Å². The van der Waals surface area contributed by atoms with Crippen molar-refractivity contribution in [3.05, 3.63) is 64.9 Å². The molecule has 0 unspecified atom stereocenters. The summed E-state index contributed by atoms with van der Waals surface area (Å²) in [6.45, 7) is 0.616. The van der Waals surface area contributed by atoms with E-state index in [-0.39, 0.29) is 18.0 Å². The highest BCUT2D eigenvalue weighted by atomic mass is 19.1. The minimum atomic E-state index is -0.591. The Balaban J connectivity index is 1.85. The van der Waals surface area contributed by atoms with Crippen molar-refractivity contribution in [3.63, 3.8) is 0 Å². The standard InChI is InChI=1S/C15H13FN4O2/c16-13-2-1-3-14(12(13)10-17)18-6-7-19-15(21)11-4-8-20(22)9-5-11/h1-5,8-9,18H,6-7H2,(H,19,21). The Morgan fingerprint density at radius 2 is 2.00 bits per heavy atom. The van der Waals surface area contributed by atoms with E-state index >= 15 is 0 Å². The minimum Gasteiger partial charge on any atom is -0.619 e. The Morgan fingerprint density at radius 1 is 1.27 bits per heavy atom. The Morgan fingerprint density at radius 3 is 2.68 bits per heavy atom. The van der Waals surface area contributed by atoms with Crippen LogP contribution in [0, 0.1) is 22.4 Å². The molecule has 0 aliphatic carbocycles. The zero-order chi connectivity index (χ0) is 15.9. The molecule has 7 heteroatoms. The van der Waals surface area contributed by atoms with Crippen LogP contribution in [0.15, 0.2) is 42.7 Å². The van der Waals surface area contributed by atoms with Gasteiger partial charge in [-0.1, -0.05) is 6.07 Å². The number of benzene rings is 1. The molecular formula is C15H13FN4O2. The molecule has 0 fully saturated rings. The maximum atomic E-state index is 13.4. The topological polar surface area (TPSA) is 91.9 Å². The summed E-state index contributed by atoms with van der Waals surface area (Å²) in [5.41, 5.74) is 0.691. The Kier molecular flexibility index (Phi) is 4.88. The second-order valence-corrected chi connectivity index (χ2v) is 4.40. The summed E-state index contributed by atoms with van der Waals surface area (Å²) in [6.07, 6.45) is 2.47. The lowest BCUT2D eigenvalue weighted by atomic mass is 10.2. The van der Waals surface area contributed by atoms with Crippen LogP contribution in [0.1, 0.15) is 15.9 Å². The molecule has 2 N–H and O–H groups in total. The van der Waals surface area contributed by atoms with E-state index in [4.69, 9.17) is 5.26 Å². The highest BCUT2D eigenvalue weighted by Gasteiger charge is 2.08. The number of aromatic nitrogens is 1. The van der Waals surface area contributed by atoms with Gasteiger partial charge in [-0.25, -0.2) is 4.39 Å². The van der Waals surface area contributed by atoms with Gasteiger partial charge in [0.1, 0.15) is 17.4 Å². The maximum Gasteiger partial charge on any atom is 0.251 e. The monoisotopic (exact) mass is 300 g/mol. The molecule has 0 radical (unpaired) electrons. The highest BCUT2D eigenvalue weighted by molar-refractivity contribution is 5.93. The van der Waals surface area contributed by atoms with Crippen LogP contribution in [0.3, 0.4) is 0 Å². The Hall–Kier alpha value is -3.14. The third-order valence-electron chi connectivity index (χ3n) is 2.92. The summed E-state index contributed by atoms with van der Waals surface area (Å²) < 4.78 is 14.0. The first-order chi connectivity index (χ1) is 10.6. The van der Waals surface area contributed by atoms with Gasteiger partial charge < -0.3 is 15.8 Å². The van der Waals surface area contributed by atoms with Crippen molar-refractivity contribution >= 4 is 11.6 Å². The lowest BCUT2D eigenvalue weighted by molar-refractivity contribution is -0.605. The van der Waals surface area contributed by atoms with Crippen molar-refractivity contribution in [1.82, 2.24) is 5.32 Å². The number of nitriles is 1. The number of nitrogens with one attached hydrogen (secondary N) is 2. The van der Waals surface area contributed by atoms with Crippen LogP contribution in [0.5, 0.6) is 0 Å². The molecule has 0 bridgehead atoms. The van der Waals surface area contributed by atoms with Gasteiger partial charge in [0.2, 0.25) is 0 Å². The number of carbonyl (C=O) groups is 1. The highest BCUT2D eigenvalue weighted by Crippen LogP contribution is 2.17. The summed E-state index contributed by atoms with van der Waals surface area (Å²) >= 11 is 0. The van der Waals surface area contributed by atoms with E-state index in [1.807, 2.05) is 0 Å². The fourth-order valence-electron chi connectivity index (χ4n) is 1.82. The van der Waals surface area contributed by atoms with E-state index in [2.05, 4.69) is 10.6 Å². The summed E-state index contributed by atoms with van der Waals surface area (Å²) in [7, 11) is 0. The number of halogens is 1. The first-order valence-electron chi connectivity index (χ1n) is 6.51. The van der Waals surface area contributed by atoms with Crippen molar-refractivity contribution in [2.45, 2.75) is 0 Å². The summed E-state index contributed by atoms with van der Waals surface area (Å²) in [5, 5.41) is 25.3. The largest absolute Gasteiger partial charge is 0.619 e. The van der Waals surface area contributed by atoms with Crippen LogP contribution in [0.4, 0.5) is 10.1 Å². The number of hydrogen-bond acceptors (Lipinski definition) is 4. The molecule has 0 saturated carbocycles. The molecule has 0 saturated heterocycles. The number of nitrogens with zero attached hydrogens (tertiary/aromatic N) is 2. The number of carbonyl (C=O) groups excluding carboxylic acids is 1. The first-order valence-corrected chi connectivity index (χ1v) is 6.51. The van der Waals surface area contributed by atoms with Gasteiger partial charge in [0, 0.05) is 25.2 Å². The second-order valence-electron chi connectivity index (χ2n) is 4.40. The lowest BCUT2D eigenvalue weighted by Gasteiger charge is -2.09. The maximum absolute atomic E-state index is 13.4. The molecule has 0 aliphatic rings. The molecule has 1 amide bonds. The molecule has 2 aromatic rings. The zero-order valence-electron chi connectivity index (χ0n) is 11.5. The van der Waals surface area contributed by atoms with Crippen molar-refractivity contribution < 1.29 is 13.9 Å². The number of hydrogen-bond donors (Lipinski definition) is 2. The van der Waals surface area contributed by atoms with E-state index < -0.39 is 5.82 Å². The van der Waals surface area contributed by atoms with Crippen LogP contribution in [-0.2, 0) is 0 Å². The molecule has 0 aliphatic heterocycles. The van der Waals surface area contributed by atoms with Gasteiger partial charge in [0.05, 0.1) is 11.3 Å². The summed E-state index contributed by atoms with van der Waals surface area (Å²) in [5.74, 6) is -0.908. The van der Waals surface area contributed by atoms with E-state index in [0.29, 0.717) is 22.5 Å². The molecule has 112 valence electrons. The van der Waals surface area contributed by atoms with E-state index in [0.717, 1.165) is 0 Å². The Labute approximate surface area is 126 Å². The molecule has 0 spiro atoms. The quantitative estimate of drug-likeness (QED) is 0.492. The van der Waals surface area contributed by atoms with Gasteiger partial charge in [-0.05, 0) is 12.1 Å². The molecule has 1 aromatic heterocycles. The fraction of sp³-hybridized carbons (Fsp3) is 0.133. The number of pyridine rings is 1. The normalized spacial score (nSPS) is 9.82. The average Bonchev–Trinajstić information content (AvgIpc) is 2.52. The smallest absolute Gasteiger partial charge is 0.251 e. The van der Waals surface area contributed by atoms with Crippen LogP contribution in [-0.4, -0.2) is 19.0 Å². The molecule has 22 heavy (non-hydrogen) atoms. The number of rotatable bonds is 5. The predicted octanol–water partition coefficient (Wildman–Crippen LogP) is 1.17. The van der Waals surface area contributed by atoms with Gasteiger partial charge in [0.15, 0.2) is 12.4 Å². The lowest BCUT2D eigenvalue weighted by Crippen LogP contribution is -2.30. The van der Waals surface area contributed by atoms with Gasteiger partial charge >= 0.3 is 0 Å². The van der Waals surface area contributed by atoms with Crippen molar-refractivity contribution in [2.24, 2.45) is 0 Å². The summed E-state index contributed by atoms with van der Waals surface area (Å²) in [4.78, 5) is 11.8. The minimum absolute atomic E-state index is 0.0584.